The normalized spacial score (nSPS) is 9.96. The molecule has 0 unspecified atom stereocenters. The van der Waals surface area contributed by atoms with Crippen molar-refractivity contribution in [2.45, 2.75) is 47.5 Å². The van der Waals surface area contributed by atoms with E-state index >= 15 is 0 Å². The predicted molar refractivity (Wildman–Crippen MR) is 93.1 cm³/mol. The van der Waals surface area contributed by atoms with Crippen LogP contribution in [-0.4, -0.2) is 33.2 Å². The second-order valence-electron chi connectivity index (χ2n) is 4.14. The van der Waals surface area contributed by atoms with Gasteiger partial charge in [0, 0.05) is 16.7 Å². The lowest BCUT2D eigenvalue weighted by Crippen LogP contribution is -1.95. The average Bonchev–Trinajstić information content (AvgIpc) is 2.46. The highest BCUT2D eigenvalue weighted by Crippen LogP contribution is 1.93. The van der Waals surface area contributed by atoms with E-state index in [0.29, 0.717) is 17.6 Å². The topological polar surface area (TPSA) is 112 Å². The van der Waals surface area contributed by atoms with Gasteiger partial charge in [0.05, 0.1) is 0 Å². The highest BCUT2D eigenvalue weighted by atomic mass is 35.5. The van der Waals surface area contributed by atoms with Crippen molar-refractivity contribution in [3.63, 3.8) is 0 Å². The standard InChI is InChI=1S/C6H10O2.2C5H8O2.ClH/c1-3-4-5(2)6(7)8;2*1-3-4(2)5(6)7;/h4H,3H2,1-2H3,(H,7,8);3H,1-2H3,(H,6,7);2-3H2,1H3,(H,6,7);1H. The minimum absolute atomic E-state index is 0. The first-order chi connectivity index (χ1) is 10.0. The molecule has 0 rings (SSSR count). The fourth-order valence-corrected chi connectivity index (χ4v) is 0.668. The van der Waals surface area contributed by atoms with Crippen molar-refractivity contribution in [1.82, 2.24) is 0 Å². The molecule has 6 nitrogen and oxygen atoms in total. The van der Waals surface area contributed by atoms with E-state index < -0.39 is 17.9 Å². The van der Waals surface area contributed by atoms with E-state index in [4.69, 9.17) is 15.3 Å². The molecular formula is C16H27ClO6. The molecule has 0 fully saturated rings. The molecule has 0 saturated carbocycles. The van der Waals surface area contributed by atoms with Crippen LogP contribution in [0.3, 0.4) is 0 Å². The summed E-state index contributed by atoms with van der Waals surface area (Å²) in [7, 11) is 0. The summed E-state index contributed by atoms with van der Waals surface area (Å²) in [6.45, 7) is 11.8. The highest BCUT2D eigenvalue weighted by Gasteiger charge is 1.96. The van der Waals surface area contributed by atoms with Gasteiger partial charge in [0.25, 0.3) is 0 Å². The average molecular weight is 351 g/mol. The van der Waals surface area contributed by atoms with Crippen molar-refractivity contribution < 1.29 is 29.7 Å². The van der Waals surface area contributed by atoms with Gasteiger partial charge in [0.15, 0.2) is 0 Å². The van der Waals surface area contributed by atoms with E-state index in [-0.39, 0.29) is 18.0 Å². The van der Waals surface area contributed by atoms with Crippen LogP contribution in [0.5, 0.6) is 0 Å². The zero-order valence-electron chi connectivity index (χ0n) is 14.3. The Morgan fingerprint density at radius 3 is 1.35 bits per heavy atom. The quantitative estimate of drug-likeness (QED) is 0.648. The maximum atomic E-state index is 10.0. The summed E-state index contributed by atoms with van der Waals surface area (Å²) in [5.41, 5.74) is 1.08. The number of halogens is 1. The number of carbonyl (C=O) groups is 3. The molecule has 0 spiro atoms. The van der Waals surface area contributed by atoms with Crippen molar-refractivity contribution in [3.05, 3.63) is 35.5 Å². The van der Waals surface area contributed by atoms with Gasteiger partial charge in [0.1, 0.15) is 0 Å². The van der Waals surface area contributed by atoms with Crippen molar-refractivity contribution in [2.24, 2.45) is 0 Å². The second kappa shape index (κ2) is 18.0. The number of hydrogen-bond donors (Lipinski definition) is 3. The van der Waals surface area contributed by atoms with Gasteiger partial charge in [-0.05, 0) is 33.6 Å². The molecule has 0 bridgehead atoms. The smallest absolute Gasteiger partial charge is 0.330 e. The van der Waals surface area contributed by atoms with E-state index in [0.717, 1.165) is 6.42 Å². The van der Waals surface area contributed by atoms with E-state index in [1.807, 2.05) is 6.92 Å². The first-order valence-corrected chi connectivity index (χ1v) is 6.72. The maximum absolute atomic E-state index is 10.0. The molecule has 0 saturated heterocycles. The van der Waals surface area contributed by atoms with Crippen LogP contribution in [0.25, 0.3) is 0 Å². The number of rotatable bonds is 5. The molecule has 0 aromatic heterocycles. The van der Waals surface area contributed by atoms with Gasteiger partial charge in [-0.3, -0.25) is 0 Å². The Kier molecular flexibility index (Phi) is 22.7. The van der Waals surface area contributed by atoms with Crippen LogP contribution in [0.15, 0.2) is 35.5 Å². The van der Waals surface area contributed by atoms with E-state index in [2.05, 4.69) is 6.58 Å². The second-order valence-corrected chi connectivity index (χ2v) is 4.14. The Labute approximate surface area is 143 Å². The molecule has 0 heterocycles. The summed E-state index contributed by atoms with van der Waals surface area (Å²) in [5.74, 6) is -2.57. The SMILES string of the molecule is C=C(CC)C(=O)O.CC=C(C)C(=O)O.CCC=C(C)C(=O)O.Cl. The van der Waals surface area contributed by atoms with Crippen LogP contribution in [-0.2, 0) is 14.4 Å². The molecule has 0 atom stereocenters. The Balaban J connectivity index is -0.000000116. The van der Waals surface area contributed by atoms with Gasteiger partial charge < -0.3 is 15.3 Å². The first-order valence-electron chi connectivity index (χ1n) is 6.72. The van der Waals surface area contributed by atoms with Gasteiger partial charge in [-0.2, -0.15) is 0 Å². The number of allylic oxidation sites excluding steroid dienone is 2. The molecule has 134 valence electrons. The zero-order valence-corrected chi connectivity index (χ0v) is 15.1. The van der Waals surface area contributed by atoms with Crippen molar-refractivity contribution >= 4 is 30.3 Å². The molecular weight excluding hydrogens is 324 g/mol. The molecule has 0 amide bonds. The van der Waals surface area contributed by atoms with Crippen LogP contribution in [0.4, 0.5) is 0 Å². The number of aliphatic carboxylic acids is 3. The van der Waals surface area contributed by atoms with E-state index in [1.165, 1.54) is 0 Å². The van der Waals surface area contributed by atoms with E-state index in [9.17, 15) is 14.4 Å². The molecule has 0 aromatic rings. The minimum Gasteiger partial charge on any atom is -0.478 e. The lowest BCUT2D eigenvalue weighted by molar-refractivity contribution is -0.133. The van der Waals surface area contributed by atoms with Gasteiger partial charge in [-0.1, -0.05) is 32.6 Å². The third kappa shape index (κ3) is 22.3. The Bertz CT molecular complexity index is 449. The van der Waals surface area contributed by atoms with E-state index in [1.54, 1.807) is 39.8 Å². The largest absolute Gasteiger partial charge is 0.478 e. The molecule has 0 aliphatic rings. The van der Waals surface area contributed by atoms with Crippen molar-refractivity contribution in [1.29, 1.82) is 0 Å². The number of carboxylic acid groups (broad SMARTS) is 3. The summed E-state index contributed by atoms with van der Waals surface area (Å²) in [4.78, 5) is 29.7. The van der Waals surface area contributed by atoms with Crippen LogP contribution in [0.2, 0.25) is 0 Å². The molecule has 7 heteroatoms. The molecule has 0 radical (unpaired) electrons. The predicted octanol–water partition coefficient (Wildman–Crippen LogP) is 3.92. The molecule has 0 aliphatic heterocycles. The summed E-state index contributed by atoms with van der Waals surface area (Å²) in [6.07, 6.45) is 4.55. The van der Waals surface area contributed by atoms with Gasteiger partial charge in [-0.15, -0.1) is 12.4 Å². The molecule has 23 heavy (non-hydrogen) atoms. The van der Waals surface area contributed by atoms with Crippen LogP contribution in [0, 0.1) is 0 Å². The summed E-state index contributed by atoms with van der Waals surface area (Å²) >= 11 is 0. The lowest BCUT2D eigenvalue weighted by Gasteiger charge is -1.87. The summed E-state index contributed by atoms with van der Waals surface area (Å²) in [5, 5.41) is 24.4. The fourth-order valence-electron chi connectivity index (χ4n) is 0.668. The van der Waals surface area contributed by atoms with Crippen LogP contribution >= 0.6 is 12.4 Å². The van der Waals surface area contributed by atoms with Crippen molar-refractivity contribution in [2.75, 3.05) is 0 Å². The molecule has 0 aromatic carbocycles. The summed E-state index contributed by atoms with van der Waals surface area (Å²) in [6, 6.07) is 0. The van der Waals surface area contributed by atoms with Gasteiger partial charge in [0.2, 0.25) is 0 Å². The molecule has 0 aliphatic carbocycles. The minimum atomic E-state index is -0.900. The number of hydrogen-bond acceptors (Lipinski definition) is 3. The Morgan fingerprint density at radius 2 is 1.30 bits per heavy atom. The Morgan fingerprint density at radius 1 is 0.913 bits per heavy atom. The number of carboxylic acids is 3. The summed E-state index contributed by atoms with van der Waals surface area (Å²) < 4.78 is 0. The lowest BCUT2D eigenvalue weighted by atomic mass is 10.2. The van der Waals surface area contributed by atoms with Crippen LogP contribution in [0.1, 0.15) is 47.5 Å². The highest BCUT2D eigenvalue weighted by molar-refractivity contribution is 5.86. The Hall–Kier alpha value is -2.08. The van der Waals surface area contributed by atoms with Gasteiger partial charge in [-0.25, -0.2) is 14.4 Å². The first kappa shape index (κ1) is 29.0. The van der Waals surface area contributed by atoms with Gasteiger partial charge >= 0.3 is 17.9 Å². The third-order valence-electron chi connectivity index (χ3n) is 2.35. The fraction of sp³-hybridized carbons (Fsp3) is 0.438. The maximum Gasteiger partial charge on any atom is 0.330 e. The zero-order chi connectivity index (χ0) is 18.3. The van der Waals surface area contributed by atoms with Crippen LogP contribution < -0.4 is 0 Å². The molecule has 3 N–H and O–H groups in total. The van der Waals surface area contributed by atoms with Crippen molar-refractivity contribution in [3.8, 4) is 0 Å². The monoisotopic (exact) mass is 350 g/mol. The third-order valence-corrected chi connectivity index (χ3v) is 2.35.